The number of hydrogen-bond acceptors (Lipinski definition) is 8. The Balaban J connectivity index is 1.17. The summed E-state index contributed by atoms with van der Waals surface area (Å²) in [5.74, 6) is 2.57. The van der Waals surface area contributed by atoms with E-state index in [-0.39, 0.29) is 0 Å². The fourth-order valence-corrected chi connectivity index (χ4v) is 5.98. The van der Waals surface area contributed by atoms with Gasteiger partial charge in [0.2, 0.25) is 0 Å². The SMILES string of the molecule is CN1CCN(c2cc(-c3cc(Oc4ccc5nc(NC6CCCCC6)sc5c4)ccn3)ccn2)CC1. The van der Waals surface area contributed by atoms with Crippen molar-refractivity contribution in [1.82, 2.24) is 19.9 Å². The van der Waals surface area contributed by atoms with Crippen molar-refractivity contribution < 1.29 is 4.74 Å². The van der Waals surface area contributed by atoms with E-state index in [4.69, 9.17) is 9.72 Å². The number of fused-ring (bicyclic) bond motifs is 1. The number of thiazole rings is 1. The first kappa shape index (κ1) is 23.2. The molecule has 1 saturated heterocycles. The number of rotatable bonds is 6. The molecule has 1 saturated carbocycles. The molecule has 186 valence electrons. The summed E-state index contributed by atoms with van der Waals surface area (Å²) in [6.45, 7) is 4.08. The number of likely N-dealkylation sites (N-methyl/N-ethyl adjacent to an activating group) is 1. The molecule has 6 rings (SSSR count). The van der Waals surface area contributed by atoms with Crippen molar-refractivity contribution in [2.45, 2.75) is 38.1 Å². The van der Waals surface area contributed by atoms with E-state index in [0.29, 0.717) is 6.04 Å². The van der Waals surface area contributed by atoms with Gasteiger partial charge in [-0.05, 0) is 50.2 Å². The Kier molecular flexibility index (Phi) is 6.70. The highest BCUT2D eigenvalue weighted by atomic mass is 32.1. The maximum atomic E-state index is 6.25. The van der Waals surface area contributed by atoms with Gasteiger partial charge in [-0.25, -0.2) is 9.97 Å². The van der Waals surface area contributed by atoms with Crippen molar-refractivity contribution in [3.05, 3.63) is 54.9 Å². The molecule has 4 heterocycles. The third-order valence-electron chi connectivity index (χ3n) is 7.13. The first-order chi connectivity index (χ1) is 17.7. The van der Waals surface area contributed by atoms with Crippen LogP contribution in [0.4, 0.5) is 10.9 Å². The molecule has 0 amide bonds. The molecule has 1 aliphatic carbocycles. The minimum Gasteiger partial charge on any atom is -0.457 e. The van der Waals surface area contributed by atoms with E-state index in [1.54, 1.807) is 17.5 Å². The smallest absolute Gasteiger partial charge is 0.184 e. The van der Waals surface area contributed by atoms with Gasteiger partial charge in [-0.1, -0.05) is 30.6 Å². The van der Waals surface area contributed by atoms with Gasteiger partial charge in [-0.3, -0.25) is 4.98 Å². The molecule has 0 spiro atoms. The highest BCUT2D eigenvalue weighted by Gasteiger charge is 2.17. The predicted molar refractivity (Wildman–Crippen MR) is 147 cm³/mol. The van der Waals surface area contributed by atoms with Crippen LogP contribution < -0.4 is 15.0 Å². The zero-order valence-electron chi connectivity index (χ0n) is 20.7. The van der Waals surface area contributed by atoms with Gasteiger partial charge in [0.15, 0.2) is 5.13 Å². The highest BCUT2D eigenvalue weighted by molar-refractivity contribution is 7.22. The number of hydrogen-bond donors (Lipinski definition) is 1. The number of pyridine rings is 2. The van der Waals surface area contributed by atoms with Crippen molar-refractivity contribution in [1.29, 1.82) is 0 Å². The van der Waals surface area contributed by atoms with E-state index in [0.717, 1.165) is 70.1 Å². The molecule has 7 nitrogen and oxygen atoms in total. The van der Waals surface area contributed by atoms with E-state index >= 15 is 0 Å². The molecule has 1 aromatic carbocycles. The highest BCUT2D eigenvalue weighted by Crippen LogP contribution is 2.33. The van der Waals surface area contributed by atoms with Gasteiger partial charge in [0.05, 0.1) is 15.9 Å². The van der Waals surface area contributed by atoms with Crippen molar-refractivity contribution >= 4 is 32.5 Å². The molecule has 36 heavy (non-hydrogen) atoms. The summed E-state index contributed by atoms with van der Waals surface area (Å²) in [7, 11) is 2.16. The Labute approximate surface area is 216 Å². The number of nitrogens with one attached hydrogen (secondary N) is 1. The molecule has 0 unspecified atom stereocenters. The largest absolute Gasteiger partial charge is 0.457 e. The van der Waals surface area contributed by atoms with Crippen molar-refractivity contribution in [2.75, 3.05) is 43.4 Å². The number of aromatic nitrogens is 3. The third-order valence-corrected chi connectivity index (χ3v) is 8.08. The molecule has 1 N–H and O–H groups in total. The zero-order valence-corrected chi connectivity index (χ0v) is 21.5. The lowest BCUT2D eigenvalue weighted by molar-refractivity contribution is 0.312. The average Bonchev–Trinajstić information content (AvgIpc) is 3.31. The van der Waals surface area contributed by atoms with E-state index < -0.39 is 0 Å². The van der Waals surface area contributed by atoms with E-state index in [9.17, 15) is 0 Å². The van der Waals surface area contributed by atoms with Gasteiger partial charge in [0.25, 0.3) is 0 Å². The molecule has 4 aromatic rings. The number of ether oxygens (including phenoxy) is 1. The van der Waals surface area contributed by atoms with Crippen LogP contribution in [0.1, 0.15) is 32.1 Å². The normalized spacial score (nSPS) is 17.4. The first-order valence-corrected chi connectivity index (χ1v) is 13.7. The summed E-state index contributed by atoms with van der Waals surface area (Å²) in [5, 5.41) is 4.65. The molecule has 2 aliphatic rings. The Hall–Kier alpha value is -3.23. The maximum Gasteiger partial charge on any atom is 0.184 e. The summed E-state index contributed by atoms with van der Waals surface area (Å²) < 4.78 is 7.38. The second-order valence-electron chi connectivity index (χ2n) is 9.80. The second-order valence-corrected chi connectivity index (χ2v) is 10.8. The van der Waals surface area contributed by atoms with Crippen LogP contribution in [0.15, 0.2) is 54.9 Å². The summed E-state index contributed by atoms with van der Waals surface area (Å²) >= 11 is 1.70. The van der Waals surface area contributed by atoms with Crippen molar-refractivity contribution in [3.8, 4) is 22.8 Å². The van der Waals surface area contributed by atoms with E-state index in [1.165, 1.54) is 32.1 Å². The molecule has 2 fully saturated rings. The molecule has 0 atom stereocenters. The molecule has 1 aliphatic heterocycles. The standard InChI is InChI=1S/C28H32N6OS/c1-33-13-15-34(16-14-33)27-17-20(9-11-30-27)25-18-23(10-12-29-25)35-22-7-8-24-26(19-22)36-28(32-24)31-21-5-3-2-4-6-21/h7-12,17-19,21H,2-6,13-16H2,1H3,(H,31,32). The Bertz CT molecular complexity index is 1330. The van der Waals surface area contributed by atoms with Gasteiger partial charge in [0, 0.05) is 62.3 Å². The third kappa shape index (κ3) is 5.29. The topological polar surface area (TPSA) is 66.4 Å². The number of anilines is 2. The van der Waals surface area contributed by atoms with Crippen LogP contribution in [-0.2, 0) is 0 Å². The maximum absolute atomic E-state index is 6.25. The predicted octanol–water partition coefficient (Wildman–Crippen LogP) is 6.04. The summed E-state index contributed by atoms with van der Waals surface area (Å²) in [4.78, 5) is 18.7. The lowest BCUT2D eigenvalue weighted by atomic mass is 9.96. The molecular weight excluding hydrogens is 468 g/mol. The van der Waals surface area contributed by atoms with Crippen molar-refractivity contribution in [2.24, 2.45) is 0 Å². The molecule has 0 radical (unpaired) electrons. The van der Waals surface area contributed by atoms with Crippen LogP contribution in [0.5, 0.6) is 11.5 Å². The summed E-state index contributed by atoms with van der Waals surface area (Å²) in [5.41, 5.74) is 2.93. The zero-order chi connectivity index (χ0) is 24.3. The number of piperazine rings is 1. The van der Waals surface area contributed by atoms with Crippen LogP contribution in [0.3, 0.4) is 0 Å². The van der Waals surface area contributed by atoms with Crippen LogP contribution in [-0.4, -0.2) is 59.1 Å². The fourth-order valence-electron chi connectivity index (χ4n) is 5.01. The number of nitrogens with zero attached hydrogens (tertiary/aromatic N) is 5. The first-order valence-electron chi connectivity index (χ1n) is 12.9. The Morgan fingerprint density at radius 2 is 1.69 bits per heavy atom. The molecule has 0 bridgehead atoms. The lowest BCUT2D eigenvalue weighted by Gasteiger charge is -2.33. The summed E-state index contributed by atoms with van der Waals surface area (Å²) in [6.07, 6.45) is 10.1. The van der Waals surface area contributed by atoms with Crippen molar-refractivity contribution in [3.63, 3.8) is 0 Å². The lowest BCUT2D eigenvalue weighted by Crippen LogP contribution is -2.44. The fraction of sp³-hybridized carbons (Fsp3) is 0.393. The van der Waals surface area contributed by atoms with Gasteiger partial charge in [0.1, 0.15) is 17.3 Å². The minimum atomic E-state index is 0.551. The molecule has 8 heteroatoms. The quantitative estimate of drug-likeness (QED) is 0.346. The summed E-state index contributed by atoms with van der Waals surface area (Å²) in [6, 6.07) is 14.7. The van der Waals surface area contributed by atoms with Gasteiger partial charge < -0.3 is 19.9 Å². The Morgan fingerprint density at radius 3 is 2.56 bits per heavy atom. The molecular formula is C28H32N6OS. The van der Waals surface area contributed by atoms with E-state index in [2.05, 4.69) is 44.3 Å². The van der Waals surface area contributed by atoms with Crippen LogP contribution in [0, 0.1) is 0 Å². The van der Waals surface area contributed by atoms with Gasteiger partial charge in [-0.2, -0.15) is 0 Å². The monoisotopic (exact) mass is 500 g/mol. The van der Waals surface area contributed by atoms with Crippen LogP contribution in [0.25, 0.3) is 21.5 Å². The second kappa shape index (κ2) is 10.4. The van der Waals surface area contributed by atoms with Gasteiger partial charge in [-0.15, -0.1) is 0 Å². The van der Waals surface area contributed by atoms with Crippen LogP contribution >= 0.6 is 11.3 Å². The number of benzene rings is 1. The minimum absolute atomic E-state index is 0.551. The average molecular weight is 501 g/mol. The van der Waals surface area contributed by atoms with Gasteiger partial charge >= 0.3 is 0 Å². The van der Waals surface area contributed by atoms with Crippen LogP contribution in [0.2, 0.25) is 0 Å². The molecule has 3 aromatic heterocycles. The van der Waals surface area contributed by atoms with E-state index in [1.807, 2.05) is 36.5 Å². The Morgan fingerprint density at radius 1 is 0.889 bits per heavy atom.